The minimum atomic E-state index is 0.0191. The smallest absolute Gasteiger partial charge is 0.309 e. The summed E-state index contributed by atoms with van der Waals surface area (Å²) < 4.78 is 5.11. The molecule has 11 heavy (non-hydrogen) atoms. The molecule has 0 N–H and O–H groups in total. The van der Waals surface area contributed by atoms with Crippen molar-refractivity contribution in [2.45, 2.75) is 45.6 Å². The lowest BCUT2D eigenvalue weighted by atomic mass is 9.94. The maximum Gasteiger partial charge on any atom is 0.309 e. The normalized spacial score (nSPS) is 31.6. The molecular weight excluding hydrogens is 140 g/mol. The molecule has 64 valence electrons. The Morgan fingerprint density at radius 3 is 2.82 bits per heavy atom. The molecule has 1 aliphatic heterocycles. The van der Waals surface area contributed by atoms with Crippen molar-refractivity contribution in [3.05, 3.63) is 0 Å². The van der Waals surface area contributed by atoms with Crippen molar-refractivity contribution in [1.29, 1.82) is 0 Å². The molecule has 1 aliphatic rings. The number of rotatable bonds is 2. The molecule has 0 bridgehead atoms. The molecule has 0 aromatic rings. The van der Waals surface area contributed by atoms with Gasteiger partial charge in [0.25, 0.3) is 0 Å². The highest BCUT2D eigenvalue weighted by atomic mass is 16.5. The van der Waals surface area contributed by atoms with Crippen molar-refractivity contribution in [3.8, 4) is 0 Å². The van der Waals surface area contributed by atoms with Crippen molar-refractivity contribution in [1.82, 2.24) is 0 Å². The van der Waals surface area contributed by atoms with Crippen LogP contribution in [0.25, 0.3) is 0 Å². The molecule has 0 radical (unpaired) electrons. The quantitative estimate of drug-likeness (QED) is 0.572. The topological polar surface area (TPSA) is 26.3 Å². The van der Waals surface area contributed by atoms with Gasteiger partial charge in [-0.3, -0.25) is 4.79 Å². The van der Waals surface area contributed by atoms with Crippen LogP contribution in [0, 0.1) is 5.92 Å². The summed E-state index contributed by atoms with van der Waals surface area (Å²) in [4.78, 5) is 11.2. The van der Waals surface area contributed by atoms with Crippen molar-refractivity contribution in [2.75, 3.05) is 0 Å². The first-order valence-electron chi connectivity index (χ1n) is 4.44. The van der Waals surface area contributed by atoms with Gasteiger partial charge in [0, 0.05) is 0 Å². The van der Waals surface area contributed by atoms with Crippen LogP contribution in [0.15, 0.2) is 0 Å². The zero-order valence-corrected chi connectivity index (χ0v) is 7.30. The first kappa shape index (κ1) is 8.57. The maximum absolute atomic E-state index is 11.2. The summed E-state index contributed by atoms with van der Waals surface area (Å²) in [6.07, 6.45) is 4.28. The summed E-state index contributed by atoms with van der Waals surface area (Å²) in [5, 5.41) is 0. The predicted molar refractivity (Wildman–Crippen MR) is 43.2 cm³/mol. The molecule has 2 atom stereocenters. The third-order valence-electron chi connectivity index (χ3n) is 2.21. The SMILES string of the molecule is CCC[C@H]1CC[C@@H](C)OC1=O. The average Bonchev–Trinajstić information content (AvgIpc) is 1.95. The van der Waals surface area contributed by atoms with Gasteiger partial charge in [-0.2, -0.15) is 0 Å². The lowest BCUT2D eigenvalue weighted by molar-refractivity contribution is -0.159. The molecule has 2 nitrogen and oxygen atoms in total. The maximum atomic E-state index is 11.2. The fourth-order valence-electron chi connectivity index (χ4n) is 1.52. The van der Waals surface area contributed by atoms with Crippen LogP contribution >= 0.6 is 0 Å². The summed E-state index contributed by atoms with van der Waals surface area (Å²) in [7, 11) is 0. The molecular formula is C9H16O2. The number of hydrogen-bond donors (Lipinski definition) is 0. The van der Waals surface area contributed by atoms with Crippen molar-refractivity contribution in [3.63, 3.8) is 0 Å². The van der Waals surface area contributed by atoms with Crippen molar-refractivity contribution >= 4 is 5.97 Å². The number of carbonyl (C=O) groups is 1. The number of carbonyl (C=O) groups excluding carboxylic acids is 1. The Bertz CT molecular complexity index is 142. The van der Waals surface area contributed by atoms with Gasteiger partial charge in [-0.15, -0.1) is 0 Å². The second kappa shape index (κ2) is 3.74. The minimum Gasteiger partial charge on any atom is -0.462 e. The summed E-state index contributed by atoms with van der Waals surface area (Å²) in [5.74, 6) is 0.210. The van der Waals surface area contributed by atoms with E-state index in [1.54, 1.807) is 0 Å². The van der Waals surface area contributed by atoms with Crippen LogP contribution in [0.3, 0.4) is 0 Å². The fourth-order valence-corrected chi connectivity index (χ4v) is 1.52. The molecule has 0 amide bonds. The van der Waals surface area contributed by atoms with E-state index in [2.05, 4.69) is 6.92 Å². The first-order chi connectivity index (χ1) is 5.24. The fraction of sp³-hybridized carbons (Fsp3) is 0.889. The predicted octanol–water partition coefficient (Wildman–Crippen LogP) is 2.13. The van der Waals surface area contributed by atoms with E-state index in [1.165, 1.54) is 0 Å². The van der Waals surface area contributed by atoms with Gasteiger partial charge in [-0.1, -0.05) is 13.3 Å². The molecule has 0 aromatic carbocycles. The molecule has 0 saturated carbocycles. The van der Waals surface area contributed by atoms with Gasteiger partial charge >= 0.3 is 5.97 Å². The minimum absolute atomic E-state index is 0.0191. The van der Waals surface area contributed by atoms with E-state index >= 15 is 0 Å². The van der Waals surface area contributed by atoms with E-state index < -0.39 is 0 Å². The van der Waals surface area contributed by atoms with Gasteiger partial charge in [-0.05, 0) is 26.2 Å². The van der Waals surface area contributed by atoms with Crippen LogP contribution in [0.4, 0.5) is 0 Å². The van der Waals surface area contributed by atoms with Crippen LogP contribution in [-0.4, -0.2) is 12.1 Å². The largest absolute Gasteiger partial charge is 0.462 e. The zero-order valence-electron chi connectivity index (χ0n) is 7.30. The van der Waals surface area contributed by atoms with Crippen molar-refractivity contribution in [2.24, 2.45) is 5.92 Å². The van der Waals surface area contributed by atoms with Gasteiger partial charge in [0.15, 0.2) is 0 Å². The number of cyclic esters (lactones) is 1. The lowest BCUT2D eigenvalue weighted by Crippen LogP contribution is -2.29. The van der Waals surface area contributed by atoms with Gasteiger partial charge in [0.1, 0.15) is 0 Å². The highest BCUT2D eigenvalue weighted by Crippen LogP contribution is 2.23. The summed E-state index contributed by atoms with van der Waals surface area (Å²) in [5.41, 5.74) is 0. The highest BCUT2D eigenvalue weighted by Gasteiger charge is 2.26. The van der Waals surface area contributed by atoms with Gasteiger partial charge < -0.3 is 4.74 Å². The van der Waals surface area contributed by atoms with E-state index in [9.17, 15) is 4.79 Å². The summed E-state index contributed by atoms with van der Waals surface area (Å²) >= 11 is 0. The lowest BCUT2D eigenvalue weighted by Gasteiger charge is -2.25. The van der Waals surface area contributed by atoms with Crippen LogP contribution in [-0.2, 0) is 9.53 Å². The van der Waals surface area contributed by atoms with Crippen LogP contribution in [0.2, 0.25) is 0 Å². The molecule has 1 saturated heterocycles. The highest BCUT2D eigenvalue weighted by molar-refractivity contribution is 5.73. The molecule has 0 spiro atoms. The molecule has 0 aliphatic carbocycles. The summed E-state index contributed by atoms with van der Waals surface area (Å²) in [6.45, 7) is 4.06. The van der Waals surface area contributed by atoms with E-state index in [0.717, 1.165) is 25.7 Å². The summed E-state index contributed by atoms with van der Waals surface area (Å²) in [6, 6.07) is 0. The Morgan fingerprint density at radius 1 is 1.55 bits per heavy atom. The van der Waals surface area contributed by atoms with E-state index in [4.69, 9.17) is 4.74 Å². The van der Waals surface area contributed by atoms with E-state index in [0.29, 0.717) is 0 Å². The molecule has 1 fully saturated rings. The molecule has 1 heterocycles. The Labute approximate surface area is 67.9 Å². The Kier molecular flexibility index (Phi) is 2.92. The van der Waals surface area contributed by atoms with Gasteiger partial charge in [-0.25, -0.2) is 0 Å². The average molecular weight is 156 g/mol. The number of ether oxygens (including phenoxy) is 1. The third kappa shape index (κ3) is 2.21. The molecule has 2 heteroatoms. The number of esters is 1. The first-order valence-corrected chi connectivity index (χ1v) is 4.44. The molecule has 0 unspecified atom stereocenters. The Balaban J connectivity index is 2.38. The zero-order chi connectivity index (χ0) is 8.27. The van der Waals surface area contributed by atoms with Gasteiger partial charge in [0.2, 0.25) is 0 Å². The van der Waals surface area contributed by atoms with Crippen LogP contribution in [0.5, 0.6) is 0 Å². The Hall–Kier alpha value is -0.530. The standard InChI is InChI=1S/C9H16O2/c1-3-4-8-6-5-7(2)11-9(8)10/h7-8H,3-6H2,1-2H3/t7-,8+/m1/s1. The number of hydrogen-bond acceptors (Lipinski definition) is 2. The van der Waals surface area contributed by atoms with Crippen molar-refractivity contribution < 1.29 is 9.53 Å². The third-order valence-corrected chi connectivity index (χ3v) is 2.21. The molecule has 1 rings (SSSR count). The second-order valence-electron chi connectivity index (χ2n) is 3.31. The van der Waals surface area contributed by atoms with E-state index in [-0.39, 0.29) is 18.0 Å². The van der Waals surface area contributed by atoms with Gasteiger partial charge in [0.05, 0.1) is 12.0 Å². The van der Waals surface area contributed by atoms with Crippen LogP contribution < -0.4 is 0 Å². The molecule has 0 aromatic heterocycles. The van der Waals surface area contributed by atoms with E-state index in [1.807, 2.05) is 6.92 Å². The monoisotopic (exact) mass is 156 g/mol. The Morgan fingerprint density at radius 2 is 2.27 bits per heavy atom. The van der Waals surface area contributed by atoms with Crippen LogP contribution in [0.1, 0.15) is 39.5 Å². The second-order valence-corrected chi connectivity index (χ2v) is 3.31.